The van der Waals surface area contributed by atoms with Crippen molar-refractivity contribution in [3.05, 3.63) is 22.7 Å². The number of methoxy groups -OCH3 is 1. The molecule has 7 heteroatoms. The van der Waals surface area contributed by atoms with E-state index >= 15 is 0 Å². The lowest BCUT2D eigenvalue weighted by Crippen LogP contribution is -2.36. The van der Waals surface area contributed by atoms with Gasteiger partial charge in [-0.2, -0.15) is 5.26 Å². The second-order valence-electron chi connectivity index (χ2n) is 5.84. The maximum atomic E-state index is 12.3. The summed E-state index contributed by atoms with van der Waals surface area (Å²) in [5, 5.41) is 23.4. The Morgan fingerprint density at radius 1 is 1.48 bits per heavy atom. The van der Waals surface area contributed by atoms with E-state index in [1.807, 2.05) is 26.8 Å². The molecule has 2 heterocycles. The molecule has 1 unspecified atom stereocenters. The Labute approximate surface area is 122 Å². The van der Waals surface area contributed by atoms with Gasteiger partial charge in [-0.1, -0.05) is 25.9 Å². The predicted molar refractivity (Wildman–Crippen MR) is 73.1 cm³/mol. The van der Waals surface area contributed by atoms with Crippen molar-refractivity contribution in [2.45, 2.75) is 39.3 Å². The highest BCUT2D eigenvalue weighted by molar-refractivity contribution is 6.08. The summed E-state index contributed by atoms with van der Waals surface area (Å²) in [5.41, 5.74) is 0.0584. The van der Waals surface area contributed by atoms with E-state index in [-0.39, 0.29) is 17.1 Å². The Hall–Kier alpha value is -2.33. The molecule has 0 aliphatic carbocycles. The molecule has 1 aliphatic rings. The van der Waals surface area contributed by atoms with Crippen molar-refractivity contribution < 1.29 is 19.2 Å². The maximum absolute atomic E-state index is 12.3. The first-order valence-electron chi connectivity index (χ1n) is 6.40. The van der Waals surface area contributed by atoms with E-state index in [1.165, 1.54) is 7.11 Å². The second-order valence-corrected chi connectivity index (χ2v) is 5.84. The number of carbonyl (C=O) groups excluding carboxylic acids is 1. The van der Waals surface area contributed by atoms with Crippen LogP contribution in [0.2, 0.25) is 0 Å². The average molecular weight is 291 g/mol. The number of anilines is 1. The lowest BCUT2D eigenvalue weighted by molar-refractivity contribution is -0.118. The van der Waals surface area contributed by atoms with Gasteiger partial charge >= 0.3 is 0 Å². The normalized spacial score (nSPS) is 19.2. The minimum absolute atomic E-state index is 0.00586. The van der Waals surface area contributed by atoms with E-state index in [2.05, 4.69) is 5.16 Å². The quantitative estimate of drug-likeness (QED) is 0.884. The zero-order valence-electron chi connectivity index (χ0n) is 12.6. The number of aliphatic hydroxyl groups excluding tert-OH is 1. The highest BCUT2D eigenvalue weighted by atomic mass is 16.5. The minimum atomic E-state index is -1.22. The van der Waals surface area contributed by atoms with Gasteiger partial charge in [0.15, 0.2) is 23.6 Å². The standard InChI is InChI=1S/C14H17N3O4/c1-7-9(20-5)13(19)17(12(7)18)11-8(6-15)10(21-16-11)14(2,3)4/h12,18H,1-5H3. The Morgan fingerprint density at radius 2 is 2.10 bits per heavy atom. The number of amides is 1. The molecule has 1 amide bonds. The van der Waals surface area contributed by atoms with E-state index in [9.17, 15) is 15.2 Å². The predicted octanol–water partition coefficient (Wildman–Crippen LogP) is 1.43. The summed E-state index contributed by atoms with van der Waals surface area (Å²) >= 11 is 0. The van der Waals surface area contributed by atoms with Crippen molar-refractivity contribution in [2.75, 3.05) is 12.0 Å². The fourth-order valence-corrected chi connectivity index (χ4v) is 2.22. The third-order valence-corrected chi connectivity index (χ3v) is 3.30. The lowest BCUT2D eigenvalue weighted by atomic mass is 9.90. The molecule has 1 aromatic heterocycles. The number of rotatable bonds is 2. The third-order valence-electron chi connectivity index (χ3n) is 3.30. The molecule has 2 rings (SSSR count). The summed E-state index contributed by atoms with van der Waals surface area (Å²) in [5.74, 6) is -0.130. The molecule has 0 spiro atoms. The van der Waals surface area contributed by atoms with E-state index in [0.29, 0.717) is 11.3 Å². The number of ether oxygens (including phenoxy) is 1. The van der Waals surface area contributed by atoms with Crippen LogP contribution in [0.3, 0.4) is 0 Å². The maximum Gasteiger partial charge on any atom is 0.297 e. The molecule has 21 heavy (non-hydrogen) atoms. The fraction of sp³-hybridized carbons (Fsp3) is 0.500. The molecular weight excluding hydrogens is 274 g/mol. The largest absolute Gasteiger partial charge is 0.491 e. The second kappa shape index (κ2) is 4.90. The SMILES string of the molecule is COC1=C(C)C(O)N(c2noc(C(C)(C)C)c2C#N)C1=O. The van der Waals surface area contributed by atoms with Crippen molar-refractivity contribution in [3.8, 4) is 6.07 Å². The number of hydrogen-bond donors (Lipinski definition) is 1. The first-order chi connectivity index (χ1) is 9.73. The molecule has 0 aromatic carbocycles. The molecule has 1 atom stereocenters. The molecule has 112 valence electrons. The Kier molecular flexibility index (Phi) is 3.51. The van der Waals surface area contributed by atoms with E-state index in [1.54, 1.807) is 6.92 Å². The summed E-state index contributed by atoms with van der Waals surface area (Å²) in [7, 11) is 1.35. The highest BCUT2D eigenvalue weighted by Crippen LogP contribution is 2.36. The average Bonchev–Trinajstić information content (AvgIpc) is 2.90. The van der Waals surface area contributed by atoms with Gasteiger partial charge in [-0.15, -0.1) is 0 Å². The lowest BCUT2D eigenvalue weighted by Gasteiger charge is -2.19. The molecule has 1 N–H and O–H groups in total. The van der Waals surface area contributed by atoms with Crippen LogP contribution in [-0.4, -0.2) is 29.5 Å². The topological polar surface area (TPSA) is 99.6 Å². The zero-order chi connectivity index (χ0) is 15.9. The Bertz CT molecular complexity index is 661. The molecule has 0 bridgehead atoms. The van der Waals surface area contributed by atoms with Crippen LogP contribution in [0.1, 0.15) is 39.0 Å². The van der Waals surface area contributed by atoms with Crippen LogP contribution in [-0.2, 0) is 14.9 Å². The van der Waals surface area contributed by atoms with Crippen molar-refractivity contribution in [3.63, 3.8) is 0 Å². The smallest absolute Gasteiger partial charge is 0.297 e. The minimum Gasteiger partial charge on any atom is -0.491 e. The first kappa shape index (κ1) is 15.1. The van der Waals surface area contributed by atoms with Gasteiger partial charge in [0.1, 0.15) is 11.6 Å². The van der Waals surface area contributed by atoms with E-state index in [0.717, 1.165) is 4.90 Å². The summed E-state index contributed by atoms with van der Waals surface area (Å²) in [6.07, 6.45) is -1.22. The van der Waals surface area contributed by atoms with Crippen molar-refractivity contribution in [1.29, 1.82) is 5.26 Å². The van der Waals surface area contributed by atoms with Crippen LogP contribution in [0.5, 0.6) is 0 Å². The molecule has 0 radical (unpaired) electrons. The van der Waals surface area contributed by atoms with Crippen LogP contribution in [0, 0.1) is 11.3 Å². The summed E-state index contributed by atoms with van der Waals surface area (Å²) in [4.78, 5) is 13.3. The van der Waals surface area contributed by atoms with Gasteiger partial charge in [0.05, 0.1) is 7.11 Å². The number of nitrogens with zero attached hydrogens (tertiary/aromatic N) is 3. The van der Waals surface area contributed by atoms with Crippen LogP contribution in [0.25, 0.3) is 0 Å². The van der Waals surface area contributed by atoms with Crippen LogP contribution in [0.4, 0.5) is 5.82 Å². The molecule has 1 aromatic rings. The van der Waals surface area contributed by atoms with Gasteiger partial charge in [0.2, 0.25) is 0 Å². The molecule has 0 saturated carbocycles. The van der Waals surface area contributed by atoms with Crippen molar-refractivity contribution >= 4 is 11.7 Å². The number of nitriles is 1. The first-order valence-corrected chi connectivity index (χ1v) is 6.40. The number of hydrogen-bond acceptors (Lipinski definition) is 6. The summed E-state index contributed by atoms with van der Waals surface area (Å²) < 4.78 is 10.2. The van der Waals surface area contributed by atoms with Crippen molar-refractivity contribution in [2.24, 2.45) is 0 Å². The fourth-order valence-electron chi connectivity index (χ4n) is 2.22. The molecule has 1 aliphatic heterocycles. The highest BCUT2D eigenvalue weighted by Gasteiger charge is 2.42. The zero-order valence-corrected chi connectivity index (χ0v) is 12.6. The number of carbonyl (C=O) groups is 1. The van der Waals surface area contributed by atoms with E-state index in [4.69, 9.17) is 9.26 Å². The monoisotopic (exact) mass is 291 g/mol. The van der Waals surface area contributed by atoms with Gasteiger partial charge in [-0.05, 0) is 6.92 Å². The molecule has 7 nitrogen and oxygen atoms in total. The van der Waals surface area contributed by atoms with Gasteiger partial charge in [0.25, 0.3) is 5.91 Å². The molecular formula is C14H17N3O4. The molecule has 0 fully saturated rings. The van der Waals surface area contributed by atoms with Gasteiger partial charge in [-0.25, -0.2) is 0 Å². The summed E-state index contributed by atoms with van der Waals surface area (Å²) in [6.45, 7) is 7.18. The van der Waals surface area contributed by atoms with Gasteiger partial charge in [0, 0.05) is 11.0 Å². The van der Waals surface area contributed by atoms with Crippen molar-refractivity contribution in [1.82, 2.24) is 5.16 Å². The third kappa shape index (κ3) is 2.17. The number of aromatic nitrogens is 1. The van der Waals surface area contributed by atoms with Crippen LogP contribution in [0.15, 0.2) is 15.9 Å². The van der Waals surface area contributed by atoms with E-state index < -0.39 is 17.6 Å². The van der Waals surface area contributed by atoms with Gasteiger partial charge in [-0.3, -0.25) is 9.69 Å². The summed E-state index contributed by atoms with van der Waals surface area (Å²) in [6, 6.07) is 2.00. The Morgan fingerprint density at radius 3 is 2.52 bits per heavy atom. The van der Waals surface area contributed by atoms with Crippen LogP contribution < -0.4 is 4.90 Å². The van der Waals surface area contributed by atoms with Crippen LogP contribution >= 0.6 is 0 Å². The number of aliphatic hydroxyl groups is 1. The molecule has 0 saturated heterocycles. The Balaban J connectivity index is 2.54. The van der Waals surface area contributed by atoms with Gasteiger partial charge < -0.3 is 14.4 Å².